The lowest BCUT2D eigenvalue weighted by atomic mass is 10.2. The second-order valence-electron chi connectivity index (χ2n) is 5.92. The first-order valence-corrected chi connectivity index (χ1v) is 7.97. The van der Waals surface area contributed by atoms with Crippen LogP contribution in [-0.4, -0.2) is 29.1 Å². The van der Waals surface area contributed by atoms with Gasteiger partial charge < -0.3 is 16.0 Å². The van der Waals surface area contributed by atoms with Crippen molar-refractivity contribution >= 4 is 23.5 Å². The number of hydrogen-bond acceptors (Lipinski definition) is 5. The molecular weight excluding hydrogens is 286 g/mol. The highest BCUT2D eigenvalue weighted by atomic mass is 15.2. The minimum atomic E-state index is 0.385. The van der Waals surface area contributed by atoms with Crippen LogP contribution in [0.5, 0.6) is 0 Å². The van der Waals surface area contributed by atoms with Crippen LogP contribution in [0, 0.1) is 13.8 Å². The fourth-order valence-corrected chi connectivity index (χ4v) is 2.72. The van der Waals surface area contributed by atoms with E-state index in [0.29, 0.717) is 12.0 Å². The number of anilines is 3. The summed E-state index contributed by atoms with van der Waals surface area (Å²) in [6.07, 6.45) is 2.89. The summed E-state index contributed by atoms with van der Waals surface area (Å²) in [6.45, 7) is 9.94. The second-order valence-corrected chi connectivity index (χ2v) is 5.92. The van der Waals surface area contributed by atoms with E-state index in [2.05, 4.69) is 51.6 Å². The third-order valence-corrected chi connectivity index (χ3v) is 4.05. The zero-order valence-electron chi connectivity index (χ0n) is 13.7. The highest BCUT2D eigenvalue weighted by molar-refractivity contribution is 5.70. The molecule has 0 amide bonds. The summed E-state index contributed by atoms with van der Waals surface area (Å²) in [5.74, 6) is 1.45. The SMILES string of the molecule is C=Cc1c(C)nc(NC2CCNC2)nc1Nc1ccc(C)cc1. The van der Waals surface area contributed by atoms with Crippen molar-refractivity contribution in [2.24, 2.45) is 0 Å². The van der Waals surface area contributed by atoms with Crippen molar-refractivity contribution in [2.75, 3.05) is 23.7 Å². The Morgan fingerprint density at radius 1 is 1.22 bits per heavy atom. The zero-order valence-corrected chi connectivity index (χ0v) is 13.7. The molecule has 120 valence electrons. The molecule has 0 saturated carbocycles. The quantitative estimate of drug-likeness (QED) is 0.791. The van der Waals surface area contributed by atoms with Gasteiger partial charge in [0, 0.05) is 23.8 Å². The Morgan fingerprint density at radius 2 is 2.00 bits per heavy atom. The number of rotatable bonds is 5. The minimum absolute atomic E-state index is 0.385. The summed E-state index contributed by atoms with van der Waals surface area (Å²) in [7, 11) is 0. The molecule has 1 fully saturated rings. The first kappa shape index (κ1) is 15.5. The Kier molecular flexibility index (Phi) is 4.57. The van der Waals surface area contributed by atoms with Gasteiger partial charge in [-0.1, -0.05) is 30.4 Å². The van der Waals surface area contributed by atoms with E-state index in [4.69, 9.17) is 0 Å². The molecule has 1 aromatic heterocycles. The maximum Gasteiger partial charge on any atom is 0.225 e. The molecular formula is C18H23N5. The smallest absolute Gasteiger partial charge is 0.225 e. The lowest BCUT2D eigenvalue weighted by Crippen LogP contribution is -2.23. The van der Waals surface area contributed by atoms with Gasteiger partial charge in [0.15, 0.2) is 0 Å². The average molecular weight is 309 g/mol. The maximum atomic E-state index is 4.65. The molecule has 0 spiro atoms. The van der Waals surface area contributed by atoms with Crippen LogP contribution in [0.1, 0.15) is 23.2 Å². The van der Waals surface area contributed by atoms with Crippen molar-refractivity contribution in [3.05, 3.63) is 47.7 Å². The van der Waals surface area contributed by atoms with Crippen molar-refractivity contribution in [1.82, 2.24) is 15.3 Å². The van der Waals surface area contributed by atoms with Gasteiger partial charge in [-0.2, -0.15) is 4.98 Å². The minimum Gasteiger partial charge on any atom is -0.350 e. The van der Waals surface area contributed by atoms with Gasteiger partial charge in [0.1, 0.15) is 5.82 Å². The van der Waals surface area contributed by atoms with Crippen molar-refractivity contribution in [1.29, 1.82) is 0 Å². The van der Waals surface area contributed by atoms with Crippen LogP contribution in [0.2, 0.25) is 0 Å². The van der Waals surface area contributed by atoms with Gasteiger partial charge in [-0.15, -0.1) is 0 Å². The molecule has 5 heteroatoms. The number of nitrogens with one attached hydrogen (secondary N) is 3. The van der Waals surface area contributed by atoms with Crippen LogP contribution < -0.4 is 16.0 Å². The van der Waals surface area contributed by atoms with Gasteiger partial charge in [0.25, 0.3) is 0 Å². The maximum absolute atomic E-state index is 4.65. The lowest BCUT2D eigenvalue weighted by molar-refractivity contribution is 0.779. The molecule has 3 N–H and O–H groups in total. The number of aryl methyl sites for hydroxylation is 2. The van der Waals surface area contributed by atoms with Crippen molar-refractivity contribution < 1.29 is 0 Å². The molecule has 1 aromatic carbocycles. The van der Waals surface area contributed by atoms with E-state index in [1.165, 1.54) is 5.56 Å². The second kappa shape index (κ2) is 6.79. The molecule has 1 aliphatic rings. The first-order chi connectivity index (χ1) is 11.2. The van der Waals surface area contributed by atoms with E-state index >= 15 is 0 Å². The Bertz CT molecular complexity index is 687. The number of aromatic nitrogens is 2. The van der Waals surface area contributed by atoms with E-state index in [9.17, 15) is 0 Å². The van der Waals surface area contributed by atoms with E-state index in [1.807, 2.05) is 19.1 Å². The van der Waals surface area contributed by atoms with E-state index < -0.39 is 0 Å². The van der Waals surface area contributed by atoms with Gasteiger partial charge in [-0.25, -0.2) is 4.98 Å². The fraction of sp³-hybridized carbons (Fsp3) is 0.333. The molecule has 2 aromatic rings. The molecule has 1 aliphatic heterocycles. The molecule has 1 saturated heterocycles. The van der Waals surface area contributed by atoms with E-state index in [1.54, 1.807) is 6.08 Å². The van der Waals surface area contributed by atoms with Gasteiger partial charge in [-0.05, 0) is 38.9 Å². The van der Waals surface area contributed by atoms with Gasteiger partial charge in [-0.3, -0.25) is 0 Å². The van der Waals surface area contributed by atoms with Crippen molar-refractivity contribution in [2.45, 2.75) is 26.3 Å². The normalized spacial score (nSPS) is 17.0. The molecule has 2 heterocycles. The predicted molar refractivity (Wildman–Crippen MR) is 96.2 cm³/mol. The fourth-order valence-electron chi connectivity index (χ4n) is 2.72. The van der Waals surface area contributed by atoms with Crippen LogP contribution in [0.3, 0.4) is 0 Å². The summed E-state index contributed by atoms with van der Waals surface area (Å²) in [5, 5.41) is 10.1. The predicted octanol–water partition coefficient (Wildman–Crippen LogP) is 3.25. The summed E-state index contributed by atoms with van der Waals surface area (Å²) < 4.78 is 0. The Hall–Kier alpha value is -2.40. The molecule has 1 unspecified atom stereocenters. The third kappa shape index (κ3) is 3.68. The topological polar surface area (TPSA) is 61.9 Å². The zero-order chi connectivity index (χ0) is 16.2. The third-order valence-electron chi connectivity index (χ3n) is 4.05. The number of hydrogen-bond donors (Lipinski definition) is 3. The number of nitrogens with zero attached hydrogens (tertiary/aromatic N) is 2. The largest absolute Gasteiger partial charge is 0.350 e. The monoisotopic (exact) mass is 309 g/mol. The molecule has 3 rings (SSSR count). The van der Waals surface area contributed by atoms with E-state index in [0.717, 1.165) is 42.3 Å². The van der Waals surface area contributed by atoms with E-state index in [-0.39, 0.29) is 0 Å². The molecule has 5 nitrogen and oxygen atoms in total. The Labute approximate surface area is 137 Å². The average Bonchev–Trinajstić information content (AvgIpc) is 3.02. The Balaban J connectivity index is 1.87. The first-order valence-electron chi connectivity index (χ1n) is 7.97. The van der Waals surface area contributed by atoms with Crippen LogP contribution in [0.4, 0.5) is 17.5 Å². The van der Waals surface area contributed by atoms with Crippen molar-refractivity contribution in [3.63, 3.8) is 0 Å². The standard InChI is InChI=1S/C18H23N5/c1-4-16-13(3)20-18(22-15-9-10-19-11-15)23-17(16)21-14-7-5-12(2)6-8-14/h4-8,15,19H,1,9-11H2,2-3H3,(H2,20,21,22,23). The van der Waals surface area contributed by atoms with Crippen molar-refractivity contribution in [3.8, 4) is 0 Å². The van der Waals surface area contributed by atoms with Gasteiger partial charge in [0.05, 0.1) is 5.69 Å². The molecule has 1 atom stereocenters. The Morgan fingerprint density at radius 3 is 2.65 bits per heavy atom. The summed E-state index contributed by atoms with van der Waals surface area (Å²) >= 11 is 0. The molecule has 0 radical (unpaired) electrons. The van der Waals surface area contributed by atoms with Crippen LogP contribution in [-0.2, 0) is 0 Å². The molecule has 0 bridgehead atoms. The highest BCUT2D eigenvalue weighted by Gasteiger charge is 2.17. The number of benzene rings is 1. The summed E-state index contributed by atoms with van der Waals surface area (Å²) in [5.41, 5.74) is 4.08. The van der Waals surface area contributed by atoms with Gasteiger partial charge >= 0.3 is 0 Å². The van der Waals surface area contributed by atoms with Crippen LogP contribution >= 0.6 is 0 Å². The van der Waals surface area contributed by atoms with Crippen LogP contribution in [0.25, 0.3) is 6.08 Å². The molecule has 0 aliphatic carbocycles. The van der Waals surface area contributed by atoms with Gasteiger partial charge in [0.2, 0.25) is 5.95 Å². The summed E-state index contributed by atoms with van der Waals surface area (Å²) in [4.78, 5) is 9.22. The molecule has 23 heavy (non-hydrogen) atoms. The highest BCUT2D eigenvalue weighted by Crippen LogP contribution is 2.24. The van der Waals surface area contributed by atoms with Crippen LogP contribution in [0.15, 0.2) is 30.8 Å². The summed E-state index contributed by atoms with van der Waals surface area (Å²) in [6, 6.07) is 8.64. The lowest BCUT2D eigenvalue weighted by Gasteiger charge is -2.16.